The Hall–Kier alpha value is -1.99. The number of para-hydroxylation sites is 1. The number of fused-ring (bicyclic) bond motifs is 1. The maximum Gasteiger partial charge on any atom is 0.265 e. The molecule has 0 fully saturated rings. The highest BCUT2D eigenvalue weighted by Crippen LogP contribution is 2.36. The molecule has 122 valence electrons. The van der Waals surface area contributed by atoms with Crippen LogP contribution in [-0.4, -0.2) is 33.8 Å². The molecule has 1 aliphatic rings. The van der Waals surface area contributed by atoms with Crippen molar-refractivity contribution < 1.29 is 14.6 Å². The van der Waals surface area contributed by atoms with Gasteiger partial charge in [-0.05, 0) is 24.0 Å². The number of benzene rings is 1. The highest BCUT2D eigenvalue weighted by molar-refractivity contribution is 7.08. The number of carbonyl (C=O) groups excluding carboxylic acids is 1. The van der Waals surface area contributed by atoms with Gasteiger partial charge in [0, 0.05) is 12.0 Å². The molecule has 1 amide bonds. The van der Waals surface area contributed by atoms with Crippen LogP contribution in [0.5, 0.6) is 5.75 Å². The second kappa shape index (κ2) is 6.64. The van der Waals surface area contributed by atoms with Gasteiger partial charge in [0.05, 0.1) is 18.8 Å². The number of ether oxygens (including phenoxy) is 1. The molecule has 23 heavy (non-hydrogen) atoms. The second-order valence-corrected chi connectivity index (χ2v) is 6.36. The van der Waals surface area contributed by atoms with Crippen molar-refractivity contribution in [2.24, 2.45) is 0 Å². The quantitative estimate of drug-likeness (QED) is 0.873. The predicted molar refractivity (Wildman–Crippen MR) is 86.7 cm³/mol. The Morgan fingerprint density at radius 3 is 3.13 bits per heavy atom. The Morgan fingerprint density at radius 1 is 1.48 bits per heavy atom. The van der Waals surface area contributed by atoms with E-state index in [-0.39, 0.29) is 12.5 Å². The molecule has 0 unspecified atom stereocenters. The third-order valence-corrected chi connectivity index (χ3v) is 4.72. The van der Waals surface area contributed by atoms with E-state index in [9.17, 15) is 9.90 Å². The van der Waals surface area contributed by atoms with Gasteiger partial charge in [-0.15, -0.1) is 5.10 Å². The van der Waals surface area contributed by atoms with Crippen molar-refractivity contribution in [2.45, 2.75) is 31.8 Å². The number of amides is 1. The van der Waals surface area contributed by atoms with Gasteiger partial charge < -0.3 is 15.2 Å². The number of hydrogen-bond donors (Lipinski definition) is 2. The summed E-state index contributed by atoms with van der Waals surface area (Å²) in [6.07, 6.45) is 2.06. The molecule has 0 radical (unpaired) electrons. The molecule has 2 heterocycles. The number of nitrogens with zero attached hydrogens (tertiary/aromatic N) is 2. The smallest absolute Gasteiger partial charge is 0.265 e. The summed E-state index contributed by atoms with van der Waals surface area (Å²) in [7, 11) is 0. The number of nitrogens with one attached hydrogen (secondary N) is 1. The van der Waals surface area contributed by atoms with Crippen LogP contribution in [0.15, 0.2) is 24.3 Å². The molecule has 7 heteroatoms. The summed E-state index contributed by atoms with van der Waals surface area (Å²) in [5, 5.41) is 17.7. The Balaban J connectivity index is 1.73. The van der Waals surface area contributed by atoms with Crippen molar-refractivity contribution in [2.75, 3.05) is 13.2 Å². The van der Waals surface area contributed by atoms with Crippen molar-refractivity contribution in [1.29, 1.82) is 0 Å². The molecule has 1 aromatic carbocycles. The normalized spacial score (nSPS) is 19.7. The monoisotopic (exact) mass is 333 g/mol. The summed E-state index contributed by atoms with van der Waals surface area (Å²) in [5.41, 5.74) is 0.310. The third-order valence-electron chi connectivity index (χ3n) is 3.95. The van der Waals surface area contributed by atoms with Crippen LogP contribution < -0.4 is 10.1 Å². The van der Waals surface area contributed by atoms with Crippen LogP contribution in [0.2, 0.25) is 0 Å². The van der Waals surface area contributed by atoms with Crippen LogP contribution in [0.3, 0.4) is 0 Å². The van der Waals surface area contributed by atoms with Gasteiger partial charge in [0.1, 0.15) is 16.2 Å². The Labute approximate surface area is 138 Å². The lowest BCUT2D eigenvalue weighted by Gasteiger charge is -2.34. The van der Waals surface area contributed by atoms with E-state index in [0.29, 0.717) is 29.2 Å². The van der Waals surface area contributed by atoms with Crippen LogP contribution in [0.25, 0.3) is 0 Å². The first kappa shape index (κ1) is 15.9. The number of aromatic nitrogens is 2. The van der Waals surface area contributed by atoms with E-state index in [0.717, 1.165) is 30.1 Å². The minimum absolute atomic E-state index is 0.135. The Kier molecular flexibility index (Phi) is 4.58. The summed E-state index contributed by atoms with van der Waals surface area (Å²) < 4.78 is 9.42. The molecule has 2 N–H and O–H groups in total. The average Bonchev–Trinajstić information content (AvgIpc) is 3.02. The maximum atomic E-state index is 12.4. The molecule has 1 atom stereocenters. The van der Waals surface area contributed by atoms with Crippen LogP contribution in [0.1, 0.15) is 40.7 Å². The van der Waals surface area contributed by atoms with E-state index >= 15 is 0 Å². The second-order valence-electron chi connectivity index (χ2n) is 5.61. The zero-order chi connectivity index (χ0) is 16.3. The van der Waals surface area contributed by atoms with Crippen molar-refractivity contribution in [3.8, 4) is 5.75 Å². The zero-order valence-electron chi connectivity index (χ0n) is 12.9. The topological polar surface area (TPSA) is 84.3 Å². The van der Waals surface area contributed by atoms with Crippen molar-refractivity contribution in [3.05, 3.63) is 40.4 Å². The highest BCUT2D eigenvalue weighted by Gasteiger charge is 2.36. The molecule has 6 nitrogen and oxygen atoms in total. The fourth-order valence-electron chi connectivity index (χ4n) is 2.71. The Morgan fingerprint density at radius 2 is 2.30 bits per heavy atom. The van der Waals surface area contributed by atoms with Crippen molar-refractivity contribution in [3.63, 3.8) is 0 Å². The van der Waals surface area contributed by atoms with E-state index in [1.165, 1.54) is 0 Å². The van der Waals surface area contributed by atoms with Gasteiger partial charge in [-0.2, -0.15) is 0 Å². The van der Waals surface area contributed by atoms with Crippen LogP contribution in [0, 0.1) is 0 Å². The van der Waals surface area contributed by atoms with Crippen LogP contribution in [-0.2, 0) is 12.0 Å². The van der Waals surface area contributed by atoms with Crippen LogP contribution in [0.4, 0.5) is 0 Å². The van der Waals surface area contributed by atoms with Gasteiger partial charge in [0.25, 0.3) is 5.91 Å². The molecule has 0 saturated heterocycles. The van der Waals surface area contributed by atoms with E-state index in [1.807, 2.05) is 31.2 Å². The molecular formula is C16H19N3O3S. The van der Waals surface area contributed by atoms with Crippen LogP contribution >= 0.6 is 11.5 Å². The van der Waals surface area contributed by atoms with E-state index in [2.05, 4.69) is 14.9 Å². The van der Waals surface area contributed by atoms with Crippen molar-refractivity contribution >= 4 is 17.4 Å². The summed E-state index contributed by atoms with van der Waals surface area (Å²) in [4.78, 5) is 12.9. The van der Waals surface area contributed by atoms with Gasteiger partial charge >= 0.3 is 0 Å². The average molecular weight is 333 g/mol. The number of aliphatic hydroxyl groups is 1. The molecule has 2 aromatic rings. The molecule has 1 aromatic heterocycles. The lowest BCUT2D eigenvalue weighted by molar-refractivity contribution is -0.00158. The minimum atomic E-state index is -1.12. The minimum Gasteiger partial charge on any atom is -0.493 e. The summed E-state index contributed by atoms with van der Waals surface area (Å²) >= 11 is 1.09. The SMILES string of the molecule is CCCc1nnsc1C(=O)NC[C@@]1(O)CCOc2ccccc21. The van der Waals surface area contributed by atoms with Crippen molar-refractivity contribution in [1.82, 2.24) is 14.9 Å². The fourth-order valence-corrected chi connectivity index (χ4v) is 3.34. The van der Waals surface area contributed by atoms with E-state index < -0.39 is 5.60 Å². The van der Waals surface area contributed by atoms with Gasteiger partial charge in [0.15, 0.2) is 0 Å². The highest BCUT2D eigenvalue weighted by atomic mass is 32.1. The molecule has 3 rings (SSSR count). The van der Waals surface area contributed by atoms with Gasteiger partial charge in [-0.25, -0.2) is 0 Å². The summed E-state index contributed by atoms with van der Waals surface area (Å²) in [5.74, 6) is 0.433. The standard InChI is InChI=1S/C16H19N3O3S/c1-2-5-12-14(23-19-18-12)15(20)17-10-16(21)8-9-22-13-7-4-3-6-11(13)16/h3-4,6-7,21H,2,5,8-10H2,1H3,(H,17,20)/t16-/m0/s1. The summed E-state index contributed by atoms with van der Waals surface area (Å²) in [6.45, 7) is 2.59. The lowest BCUT2D eigenvalue weighted by atomic mass is 9.88. The Bertz CT molecular complexity index is 703. The van der Waals surface area contributed by atoms with E-state index in [1.54, 1.807) is 0 Å². The first-order valence-corrected chi connectivity index (χ1v) is 8.45. The fraction of sp³-hybridized carbons (Fsp3) is 0.438. The van der Waals surface area contributed by atoms with Gasteiger partial charge in [0.2, 0.25) is 0 Å². The largest absolute Gasteiger partial charge is 0.493 e. The number of hydrogen-bond acceptors (Lipinski definition) is 6. The first-order chi connectivity index (χ1) is 11.1. The molecular weight excluding hydrogens is 314 g/mol. The molecule has 1 aliphatic heterocycles. The van der Waals surface area contributed by atoms with Gasteiger partial charge in [-0.3, -0.25) is 4.79 Å². The molecule has 0 spiro atoms. The molecule has 0 bridgehead atoms. The number of carbonyl (C=O) groups is 1. The maximum absolute atomic E-state index is 12.4. The number of rotatable bonds is 5. The predicted octanol–water partition coefficient (Wildman–Crippen LogP) is 1.89. The van der Waals surface area contributed by atoms with Gasteiger partial charge in [-0.1, -0.05) is 36.0 Å². The zero-order valence-corrected chi connectivity index (χ0v) is 13.7. The lowest BCUT2D eigenvalue weighted by Crippen LogP contribution is -2.43. The number of aryl methyl sites for hydroxylation is 1. The molecule has 0 aliphatic carbocycles. The van der Waals surface area contributed by atoms with E-state index in [4.69, 9.17) is 4.74 Å². The summed E-state index contributed by atoms with van der Waals surface area (Å²) in [6, 6.07) is 7.38. The third kappa shape index (κ3) is 3.20. The molecule has 0 saturated carbocycles. The first-order valence-electron chi connectivity index (χ1n) is 7.68.